The molecule has 0 saturated carbocycles. The van der Waals surface area contributed by atoms with Crippen molar-refractivity contribution in [2.24, 2.45) is 10.3 Å². The van der Waals surface area contributed by atoms with Gasteiger partial charge in [0.15, 0.2) is 0 Å². The number of hydrogen-bond acceptors (Lipinski definition) is 14. The van der Waals surface area contributed by atoms with E-state index in [9.17, 15) is 46.9 Å². The van der Waals surface area contributed by atoms with Crippen LogP contribution in [0.25, 0.3) is 10.8 Å². The maximum atomic E-state index is 11.0. The van der Waals surface area contributed by atoms with Crippen LogP contribution in [-0.4, -0.2) is 63.0 Å². The number of nitrogen functional groups attached to an aromatic ring is 2. The van der Waals surface area contributed by atoms with Crippen LogP contribution in [0.2, 0.25) is 0 Å². The van der Waals surface area contributed by atoms with Gasteiger partial charge in [-0.3, -0.25) is 0 Å². The molecule has 0 aromatic heterocycles. The zero-order valence-electron chi connectivity index (χ0n) is 25.5. The number of benzene rings is 4. The van der Waals surface area contributed by atoms with Gasteiger partial charge in [-0.2, -0.15) is 0 Å². The minimum Gasteiger partial charge on any atom is -0.547 e. The third-order valence-corrected chi connectivity index (χ3v) is 7.32. The van der Waals surface area contributed by atoms with Crippen molar-refractivity contribution in [3.05, 3.63) is 91.0 Å². The number of fused-ring (bicyclic) bond motifs is 1. The Labute approximate surface area is 315 Å². The van der Waals surface area contributed by atoms with Crippen molar-refractivity contribution >= 4 is 59.8 Å². The Morgan fingerprint density at radius 2 is 1.11 bits per heavy atom. The minimum atomic E-state index is -3.58. The summed E-state index contributed by atoms with van der Waals surface area (Å²) in [6.45, 7) is 0. The number of hydrogen-bond donors (Lipinski definition) is 8. The van der Waals surface area contributed by atoms with Crippen molar-refractivity contribution in [2.75, 3.05) is 23.9 Å². The quantitative estimate of drug-likeness (QED) is 0.0502. The second-order valence-electron chi connectivity index (χ2n) is 8.66. The number of carbonyl (C=O) groups excluding carboxylic acids is 2. The summed E-state index contributed by atoms with van der Waals surface area (Å²) in [6, 6.07) is 23.0. The Bertz CT molecular complexity index is 1740. The van der Waals surface area contributed by atoms with Crippen molar-refractivity contribution < 1.29 is 111 Å². The first kappa shape index (κ1) is 46.3. The molecule has 0 aliphatic heterocycles. The summed E-state index contributed by atoms with van der Waals surface area (Å²) in [7, 11) is -6.15. The molecule has 2 unspecified atom stereocenters. The number of aliphatic hydroxyl groups is 3. The Morgan fingerprint density at radius 3 is 1.47 bits per heavy atom. The fourth-order valence-electron chi connectivity index (χ4n) is 3.26. The SMILES string of the molecule is CO.Nc1ccc(S(N)(=O)=O)cc1.Nc1ccc(S(N)(=O)=O)cc1.O=C([O-])C(O)C(O)(Nc1cccc2ccccc12)C(=O)[O-].[Na+].[Na+]. The number of nitrogens with two attached hydrogens (primary N) is 4. The molecule has 0 bridgehead atoms. The van der Waals surface area contributed by atoms with E-state index in [0.717, 1.165) is 12.5 Å². The van der Waals surface area contributed by atoms with E-state index in [1.807, 2.05) is 0 Å². The van der Waals surface area contributed by atoms with Crippen LogP contribution in [0.5, 0.6) is 0 Å². The van der Waals surface area contributed by atoms with Crippen molar-refractivity contribution in [2.45, 2.75) is 21.6 Å². The predicted octanol–water partition coefficient (Wildman–Crippen LogP) is -8.75. The van der Waals surface area contributed by atoms with Crippen LogP contribution in [0.3, 0.4) is 0 Å². The van der Waals surface area contributed by atoms with Gasteiger partial charge in [0.2, 0.25) is 25.8 Å². The molecule has 4 rings (SSSR count). The number of aliphatic hydroxyl groups excluding tert-OH is 2. The molecule has 12 N–H and O–H groups in total. The van der Waals surface area contributed by atoms with Crippen molar-refractivity contribution in [1.29, 1.82) is 0 Å². The van der Waals surface area contributed by atoms with E-state index in [1.165, 1.54) is 54.6 Å². The molecule has 2 atom stereocenters. The Morgan fingerprint density at radius 1 is 0.723 bits per heavy atom. The molecule has 0 spiro atoms. The smallest absolute Gasteiger partial charge is 0.547 e. The van der Waals surface area contributed by atoms with Gasteiger partial charge in [-0.05, 0) is 60.0 Å². The Balaban J connectivity index is 0. The number of carbonyl (C=O) groups is 2. The first-order valence-corrected chi connectivity index (χ1v) is 15.3. The Kier molecular flexibility index (Phi) is 20.2. The number of nitrogens with one attached hydrogen (secondary N) is 1. The van der Waals surface area contributed by atoms with Gasteiger partial charge in [-0.15, -0.1) is 0 Å². The van der Waals surface area contributed by atoms with Crippen LogP contribution in [0.15, 0.2) is 101 Å². The summed E-state index contributed by atoms with van der Waals surface area (Å²) >= 11 is 0. The van der Waals surface area contributed by atoms with E-state index in [1.54, 1.807) is 36.4 Å². The second kappa shape index (κ2) is 20.5. The van der Waals surface area contributed by atoms with Crippen LogP contribution in [-0.2, 0) is 29.6 Å². The summed E-state index contributed by atoms with van der Waals surface area (Å²) < 4.78 is 42.7. The molecule has 0 amide bonds. The molecule has 47 heavy (non-hydrogen) atoms. The van der Waals surface area contributed by atoms with Crippen LogP contribution in [0.1, 0.15) is 0 Å². The van der Waals surface area contributed by atoms with Crippen molar-refractivity contribution in [3.63, 3.8) is 0 Å². The number of primary sulfonamides is 2. The van der Waals surface area contributed by atoms with E-state index in [0.29, 0.717) is 16.8 Å². The first-order chi connectivity index (χ1) is 20.9. The average molecular weight is 712 g/mol. The van der Waals surface area contributed by atoms with E-state index >= 15 is 0 Å². The van der Waals surface area contributed by atoms with E-state index in [4.69, 9.17) is 26.9 Å². The fraction of sp³-hybridized carbons (Fsp3) is 0.111. The van der Waals surface area contributed by atoms with Crippen LogP contribution in [0.4, 0.5) is 17.1 Å². The summed E-state index contributed by atoms with van der Waals surface area (Å²) in [5.74, 6) is -4.33. The van der Waals surface area contributed by atoms with Gasteiger partial charge in [-0.25, -0.2) is 27.1 Å². The first-order valence-electron chi connectivity index (χ1n) is 12.2. The number of aliphatic carboxylic acids is 2. The standard InChI is InChI=1S/C14H13NO6.2C6H8N2O2S.CH4O.2Na/c16-11(12(17)18)14(21,13(19)20)15-10-7-3-5-8-4-1-2-6-9(8)10;2*7-5-1-3-6(4-2-5)11(8,9)10;1-2;;/h1-7,11,15-16,21H,(H,17,18)(H,19,20);2*1-4H,7H2,(H2,8,9,10);2H,1H3;;/q;;;;2*+1/p-2. The molecule has 0 heterocycles. The number of rotatable bonds is 7. The Hall–Kier alpha value is -2.82. The van der Waals surface area contributed by atoms with Crippen LogP contribution < -0.4 is 96.4 Å². The van der Waals surface area contributed by atoms with Gasteiger partial charge in [0.05, 0.1) is 21.7 Å². The normalized spacial score (nSPS) is 12.2. The van der Waals surface area contributed by atoms with Gasteiger partial charge in [0, 0.05) is 29.6 Å². The summed E-state index contributed by atoms with van der Waals surface area (Å²) in [4.78, 5) is 21.8. The summed E-state index contributed by atoms with van der Waals surface area (Å²) in [6.07, 6.45) is -2.71. The van der Waals surface area contributed by atoms with Crippen molar-refractivity contribution in [3.8, 4) is 0 Å². The number of sulfonamides is 2. The molecule has 0 radical (unpaired) electrons. The molecule has 0 saturated heterocycles. The fourth-order valence-corrected chi connectivity index (χ4v) is 4.29. The molecule has 0 aliphatic carbocycles. The number of carboxylic acids is 2. The van der Waals surface area contributed by atoms with Crippen molar-refractivity contribution in [1.82, 2.24) is 0 Å². The van der Waals surface area contributed by atoms with Crippen LogP contribution >= 0.6 is 0 Å². The van der Waals surface area contributed by atoms with Gasteiger partial charge < -0.3 is 51.9 Å². The molecule has 244 valence electrons. The maximum absolute atomic E-state index is 11.0. The monoisotopic (exact) mass is 711 g/mol. The zero-order valence-corrected chi connectivity index (χ0v) is 31.1. The van der Waals surface area contributed by atoms with Gasteiger partial charge in [-0.1, -0.05) is 36.4 Å². The third kappa shape index (κ3) is 14.5. The molecule has 0 aliphatic rings. The molecule has 0 fully saturated rings. The van der Waals surface area contributed by atoms with E-state index in [2.05, 4.69) is 5.32 Å². The topological polar surface area (TPSA) is 325 Å². The predicted molar refractivity (Wildman–Crippen MR) is 161 cm³/mol. The molecule has 4 aromatic carbocycles. The zero-order chi connectivity index (χ0) is 34.6. The second-order valence-corrected chi connectivity index (χ2v) is 11.8. The van der Waals surface area contributed by atoms with E-state index in [-0.39, 0.29) is 74.6 Å². The maximum Gasteiger partial charge on any atom is 1.00 e. The number of anilines is 3. The van der Waals surface area contributed by atoms with Gasteiger partial charge >= 0.3 is 59.1 Å². The third-order valence-electron chi connectivity index (χ3n) is 5.46. The molecule has 20 heteroatoms. The van der Waals surface area contributed by atoms with E-state index < -0.39 is 43.8 Å². The minimum absolute atomic E-state index is 0. The van der Waals surface area contributed by atoms with Gasteiger partial charge in [0.1, 0.15) is 6.10 Å². The molecular formula is C27H31N5Na2O11S2. The average Bonchev–Trinajstić information content (AvgIpc) is 2.98. The van der Waals surface area contributed by atoms with Crippen LogP contribution in [0, 0.1) is 0 Å². The summed E-state index contributed by atoms with van der Waals surface area (Å²) in [5, 5.41) is 61.0. The number of carboxylic acid groups (broad SMARTS) is 2. The van der Waals surface area contributed by atoms with Gasteiger partial charge in [0.25, 0.3) is 0 Å². The summed E-state index contributed by atoms with van der Waals surface area (Å²) in [5.41, 5.74) is 8.60. The molecular weight excluding hydrogens is 680 g/mol. The molecule has 4 aromatic rings. The molecule has 16 nitrogen and oxygen atoms in total. The largest absolute Gasteiger partial charge is 1.00 e.